The second-order valence-corrected chi connectivity index (χ2v) is 12.7. The molecule has 0 saturated heterocycles. The van der Waals surface area contributed by atoms with Crippen molar-refractivity contribution < 1.29 is 24.0 Å². The van der Waals surface area contributed by atoms with Crippen LogP contribution in [0.2, 0.25) is 0 Å². The summed E-state index contributed by atoms with van der Waals surface area (Å²) in [6.07, 6.45) is 7.82. The molecule has 1 fully saturated rings. The van der Waals surface area contributed by atoms with Gasteiger partial charge in [0.15, 0.2) is 11.0 Å². The first kappa shape index (κ1) is 30.7. The molecule has 12 nitrogen and oxygen atoms in total. The van der Waals surface area contributed by atoms with E-state index in [1.807, 2.05) is 4.57 Å². The van der Waals surface area contributed by atoms with Crippen LogP contribution in [-0.2, 0) is 28.9 Å². The summed E-state index contributed by atoms with van der Waals surface area (Å²) in [6.45, 7) is 3.73. The topological polar surface area (TPSA) is 158 Å². The highest BCUT2D eigenvalue weighted by molar-refractivity contribution is 7.99. The number of amides is 2. The lowest BCUT2D eigenvalue weighted by Crippen LogP contribution is -2.26. The monoisotopic (exact) mass is 626 g/mol. The molecule has 2 aromatic heterocycles. The SMILES string of the molecule is CCOC(=O)c1c(NC(=O)CSc2nnc(CNC(=O)c3ccc(C)c([N+](=O)[O-])c3)n2C2CCCCC2)sc2c1CCC2. The largest absolute Gasteiger partial charge is 0.462 e. The number of thiophene rings is 1. The summed E-state index contributed by atoms with van der Waals surface area (Å²) >= 11 is 2.70. The lowest BCUT2D eigenvalue weighted by Gasteiger charge is -2.25. The van der Waals surface area contributed by atoms with Crippen LogP contribution in [0.3, 0.4) is 0 Å². The van der Waals surface area contributed by atoms with Crippen LogP contribution in [0.15, 0.2) is 23.4 Å². The summed E-state index contributed by atoms with van der Waals surface area (Å²) in [5.74, 6) is -0.493. The maximum absolute atomic E-state index is 13.1. The van der Waals surface area contributed by atoms with Crippen LogP contribution >= 0.6 is 23.1 Å². The number of benzene rings is 1. The molecular formula is C29H34N6O6S2. The molecule has 1 aromatic carbocycles. The van der Waals surface area contributed by atoms with Crippen LogP contribution in [0, 0.1) is 17.0 Å². The van der Waals surface area contributed by atoms with E-state index in [1.165, 1.54) is 29.2 Å². The van der Waals surface area contributed by atoms with Gasteiger partial charge in [0, 0.05) is 28.1 Å². The Hall–Kier alpha value is -3.78. The van der Waals surface area contributed by atoms with E-state index < -0.39 is 16.8 Å². The Morgan fingerprint density at radius 3 is 2.70 bits per heavy atom. The molecule has 3 aromatic rings. The number of nitro benzene ring substituents is 1. The van der Waals surface area contributed by atoms with Gasteiger partial charge in [-0.2, -0.15) is 0 Å². The van der Waals surface area contributed by atoms with Crippen molar-refractivity contribution in [1.29, 1.82) is 0 Å². The maximum atomic E-state index is 13.1. The molecule has 0 bridgehead atoms. The highest BCUT2D eigenvalue weighted by Gasteiger charge is 2.29. The van der Waals surface area contributed by atoms with E-state index >= 15 is 0 Å². The predicted molar refractivity (Wildman–Crippen MR) is 163 cm³/mol. The number of hydrogen-bond donors (Lipinski definition) is 2. The molecule has 0 unspecified atom stereocenters. The molecule has 228 valence electrons. The fourth-order valence-corrected chi connectivity index (χ4v) is 7.76. The van der Waals surface area contributed by atoms with Gasteiger partial charge in [0.25, 0.3) is 11.6 Å². The highest BCUT2D eigenvalue weighted by atomic mass is 32.2. The molecule has 0 radical (unpaired) electrons. The number of carbonyl (C=O) groups is 3. The molecule has 0 spiro atoms. The number of anilines is 1. The fraction of sp³-hybridized carbons (Fsp3) is 0.483. The van der Waals surface area contributed by atoms with Crippen LogP contribution < -0.4 is 10.6 Å². The molecule has 0 atom stereocenters. The van der Waals surface area contributed by atoms with Crippen LogP contribution in [0.4, 0.5) is 10.7 Å². The van der Waals surface area contributed by atoms with Gasteiger partial charge in [-0.25, -0.2) is 4.79 Å². The molecule has 5 rings (SSSR count). The van der Waals surface area contributed by atoms with E-state index in [9.17, 15) is 24.5 Å². The standard InChI is InChI=1S/C29H34N6O6S2/c1-3-41-28(38)25-20-10-7-11-22(20)43-27(25)31-24(36)16-42-29-33-32-23(34(29)19-8-5-4-6-9-19)15-30-26(37)18-13-12-17(2)21(14-18)35(39)40/h12-14,19H,3-11,15-16H2,1-2H3,(H,30,37)(H,31,36). The maximum Gasteiger partial charge on any atom is 0.341 e. The Labute approximate surface area is 257 Å². The minimum absolute atomic E-state index is 0.0646. The smallest absolute Gasteiger partial charge is 0.341 e. The van der Waals surface area contributed by atoms with E-state index in [0.29, 0.717) is 27.1 Å². The van der Waals surface area contributed by atoms with Crippen LogP contribution in [0.5, 0.6) is 0 Å². The molecule has 2 amide bonds. The van der Waals surface area contributed by atoms with Crippen molar-refractivity contribution in [2.75, 3.05) is 17.7 Å². The number of nitrogens with one attached hydrogen (secondary N) is 2. The molecule has 2 heterocycles. The first-order valence-corrected chi connectivity index (χ1v) is 16.3. The summed E-state index contributed by atoms with van der Waals surface area (Å²) < 4.78 is 7.28. The minimum atomic E-state index is -0.506. The van der Waals surface area contributed by atoms with Gasteiger partial charge in [0.1, 0.15) is 5.00 Å². The number of nitro groups is 1. The van der Waals surface area contributed by atoms with Gasteiger partial charge < -0.3 is 19.9 Å². The van der Waals surface area contributed by atoms with Crippen molar-refractivity contribution in [1.82, 2.24) is 20.1 Å². The lowest BCUT2D eigenvalue weighted by molar-refractivity contribution is -0.385. The van der Waals surface area contributed by atoms with E-state index in [-0.39, 0.29) is 42.1 Å². The third kappa shape index (κ3) is 6.90. The second kappa shape index (κ2) is 13.7. The Bertz CT molecular complexity index is 1540. The van der Waals surface area contributed by atoms with Crippen molar-refractivity contribution in [2.45, 2.75) is 83.0 Å². The Kier molecular flexibility index (Phi) is 9.76. The van der Waals surface area contributed by atoms with E-state index in [2.05, 4.69) is 20.8 Å². The number of esters is 1. The molecule has 0 aliphatic heterocycles. The van der Waals surface area contributed by atoms with Crippen molar-refractivity contribution in [3.63, 3.8) is 0 Å². The zero-order chi connectivity index (χ0) is 30.5. The van der Waals surface area contributed by atoms with E-state index in [0.717, 1.165) is 61.8 Å². The van der Waals surface area contributed by atoms with Crippen molar-refractivity contribution in [3.05, 3.63) is 61.3 Å². The third-order valence-electron chi connectivity index (χ3n) is 7.74. The third-order valence-corrected chi connectivity index (χ3v) is 9.89. The van der Waals surface area contributed by atoms with Gasteiger partial charge in [0.05, 0.1) is 29.4 Å². The predicted octanol–water partition coefficient (Wildman–Crippen LogP) is 5.39. The first-order valence-electron chi connectivity index (χ1n) is 14.5. The van der Waals surface area contributed by atoms with Gasteiger partial charge in [-0.15, -0.1) is 21.5 Å². The number of hydrogen-bond acceptors (Lipinski definition) is 10. The average molecular weight is 627 g/mol. The Morgan fingerprint density at radius 2 is 1.95 bits per heavy atom. The van der Waals surface area contributed by atoms with Crippen LogP contribution in [0.25, 0.3) is 0 Å². The highest BCUT2D eigenvalue weighted by Crippen LogP contribution is 2.40. The summed E-state index contributed by atoms with van der Waals surface area (Å²) in [5.41, 5.74) is 2.01. The average Bonchev–Trinajstić information content (AvgIpc) is 3.70. The van der Waals surface area contributed by atoms with Crippen LogP contribution in [-0.4, -0.2) is 49.8 Å². The van der Waals surface area contributed by atoms with E-state index in [1.54, 1.807) is 26.0 Å². The lowest BCUT2D eigenvalue weighted by atomic mass is 9.95. The number of fused-ring (bicyclic) bond motifs is 1. The number of rotatable bonds is 11. The Morgan fingerprint density at radius 1 is 1.16 bits per heavy atom. The van der Waals surface area contributed by atoms with Crippen molar-refractivity contribution >= 4 is 51.6 Å². The van der Waals surface area contributed by atoms with Gasteiger partial charge in [0.2, 0.25) is 5.91 Å². The van der Waals surface area contributed by atoms with E-state index in [4.69, 9.17) is 4.74 Å². The molecule has 2 aliphatic rings. The quantitative estimate of drug-likeness (QED) is 0.123. The van der Waals surface area contributed by atoms with Crippen LogP contribution in [0.1, 0.15) is 94.0 Å². The molecule has 2 N–H and O–H groups in total. The van der Waals surface area contributed by atoms with Gasteiger partial charge in [-0.1, -0.05) is 37.1 Å². The van der Waals surface area contributed by atoms with Crippen molar-refractivity contribution in [2.24, 2.45) is 0 Å². The molecule has 2 aliphatic carbocycles. The zero-order valence-electron chi connectivity index (χ0n) is 24.1. The first-order chi connectivity index (χ1) is 20.8. The number of aromatic nitrogens is 3. The number of aryl methyl sites for hydroxylation is 2. The number of nitrogens with zero attached hydrogens (tertiary/aromatic N) is 4. The molecular weight excluding hydrogens is 592 g/mol. The summed E-state index contributed by atoms with van der Waals surface area (Å²) in [4.78, 5) is 50.6. The summed E-state index contributed by atoms with van der Waals surface area (Å²) in [7, 11) is 0. The van der Waals surface area contributed by atoms with Gasteiger partial charge in [-0.05, 0) is 57.6 Å². The summed E-state index contributed by atoms with van der Waals surface area (Å²) in [5, 5.41) is 26.9. The normalized spacial score (nSPS) is 14.7. The zero-order valence-corrected chi connectivity index (χ0v) is 25.8. The number of ether oxygens (including phenoxy) is 1. The fourth-order valence-electron chi connectivity index (χ4n) is 5.65. The molecule has 1 saturated carbocycles. The van der Waals surface area contributed by atoms with Gasteiger partial charge in [-0.3, -0.25) is 19.7 Å². The molecule has 43 heavy (non-hydrogen) atoms. The number of thioether (sulfide) groups is 1. The minimum Gasteiger partial charge on any atom is -0.462 e. The summed E-state index contributed by atoms with van der Waals surface area (Å²) in [6, 6.07) is 4.51. The van der Waals surface area contributed by atoms with Crippen molar-refractivity contribution in [3.8, 4) is 0 Å². The second-order valence-electron chi connectivity index (χ2n) is 10.6. The molecule has 14 heteroatoms. The van der Waals surface area contributed by atoms with Gasteiger partial charge >= 0.3 is 5.97 Å². The number of carbonyl (C=O) groups excluding carboxylic acids is 3. The Balaban J connectivity index is 1.28.